The second-order valence-electron chi connectivity index (χ2n) is 6.60. The minimum atomic E-state index is -0.0216. The highest BCUT2D eigenvalue weighted by molar-refractivity contribution is 5.81. The van der Waals surface area contributed by atoms with Crippen LogP contribution in [0.3, 0.4) is 0 Å². The number of benzene rings is 2. The van der Waals surface area contributed by atoms with Gasteiger partial charge in [-0.25, -0.2) is 4.98 Å². The maximum absolute atomic E-state index is 12.3. The van der Waals surface area contributed by atoms with Gasteiger partial charge in [0.05, 0.1) is 0 Å². The van der Waals surface area contributed by atoms with Gasteiger partial charge in [0.25, 0.3) is 0 Å². The molecule has 1 atom stereocenters. The van der Waals surface area contributed by atoms with Gasteiger partial charge < -0.3 is 9.32 Å². The molecule has 0 aliphatic carbocycles. The Bertz CT molecular complexity index is 885. The first-order valence-electron chi connectivity index (χ1n) is 9.01. The van der Waals surface area contributed by atoms with Crippen molar-refractivity contribution in [3.63, 3.8) is 0 Å². The second kappa shape index (κ2) is 6.71. The van der Waals surface area contributed by atoms with Crippen molar-refractivity contribution in [1.82, 2.24) is 9.88 Å². The molecule has 1 aliphatic heterocycles. The molecule has 25 heavy (non-hydrogen) atoms. The molecule has 128 valence electrons. The van der Waals surface area contributed by atoms with Crippen LogP contribution in [0.5, 0.6) is 0 Å². The number of fused-ring (bicyclic) bond motifs is 1. The lowest BCUT2D eigenvalue weighted by Crippen LogP contribution is -2.30. The molecule has 0 saturated carbocycles. The van der Waals surface area contributed by atoms with Crippen molar-refractivity contribution >= 4 is 17.0 Å². The summed E-state index contributed by atoms with van der Waals surface area (Å²) in [5.41, 5.74) is 3.92. The minimum Gasteiger partial charge on any atom is -0.438 e. The summed E-state index contributed by atoms with van der Waals surface area (Å²) in [7, 11) is 0. The van der Waals surface area contributed by atoms with Crippen LogP contribution >= 0.6 is 0 Å². The first-order chi connectivity index (χ1) is 12.3. The second-order valence-corrected chi connectivity index (χ2v) is 6.60. The summed E-state index contributed by atoms with van der Waals surface area (Å²) in [6.45, 7) is 2.84. The summed E-state index contributed by atoms with van der Waals surface area (Å²) < 4.78 is 6.00. The van der Waals surface area contributed by atoms with Crippen molar-refractivity contribution < 1.29 is 9.21 Å². The number of rotatable bonds is 4. The van der Waals surface area contributed by atoms with Crippen molar-refractivity contribution in [3.8, 4) is 11.1 Å². The lowest BCUT2D eigenvalue weighted by molar-refractivity contribution is -0.132. The van der Waals surface area contributed by atoms with Gasteiger partial charge in [-0.1, -0.05) is 43.3 Å². The molecule has 2 heterocycles. The average Bonchev–Trinajstić information content (AvgIpc) is 3.28. The third-order valence-corrected chi connectivity index (χ3v) is 4.83. The molecule has 0 spiro atoms. The fourth-order valence-electron chi connectivity index (χ4n) is 3.58. The third-order valence-electron chi connectivity index (χ3n) is 4.83. The van der Waals surface area contributed by atoms with E-state index in [-0.39, 0.29) is 11.9 Å². The number of oxazole rings is 1. The van der Waals surface area contributed by atoms with Crippen LogP contribution in [0.4, 0.5) is 0 Å². The van der Waals surface area contributed by atoms with Crippen LogP contribution in [0.25, 0.3) is 22.2 Å². The van der Waals surface area contributed by atoms with E-state index in [0.29, 0.717) is 12.3 Å². The predicted molar refractivity (Wildman–Crippen MR) is 98.0 cm³/mol. The van der Waals surface area contributed by atoms with E-state index in [4.69, 9.17) is 9.40 Å². The van der Waals surface area contributed by atoms with E-state index in [1.807, 2.05) is 36.1 Å². The minimum absolute atomic E-state index is 0.0216. The van der Waals surface area contributed by atoms with Crippen molar-refractivity contribution in [1.29, 1.82) is 0 Å². The van der Waals surface area contributed by atoms with E-state index >= 15 is 0 Å². The molecule has 2 aromatic carbocycles. The SMILES string of the molecule is CCCC(=O)N1CCCC1c1nc2cc(-c3ccccc3)ccc2o1. The van der Waals surface area contributed by atoms with Crippen LogP contribution in [0.15, 0.2) is 52.9 Å². The van der Waals surface area contributed by atoms with Gasteiger partial charge in [0.15, 0.2) is 5.58 Å². The van der Waals surface area contributed by atoms with Crippen LogP contribution < -0.4 is 0 Å². The van der Waals surface area contributed by atoms with Gasteiger partial charge in [-0.15, -0.1) is 0 Å². The Labute approximate surface area is 147 Å². The Morgan fingerprint density at radius 1 is 1.20 bits per heavy atom. The Morgan fingerprint density at radius 2 is 2.04 bits per heavy atom. The number of carbonyl (C=O) groups is 1. The predicted octanol–water partition coefficient (Wildman–Crippen LogP) is 4.96. The molecular weight excluding hydrogens is 312 g/mol. The van der Waals surface area contributed by atoms with Crippen molar-refractivity contribution in [2.75, 3.05) is 6.54 Å². The Morgan fingerprint density at radius 3 is 2.84 bits per heavy atom. The first kappa shape index (κ1) is 15.9. The summed E-state index contributed by atoms with van der Waals surface area (Å²) in [5.74, 6) is 0.874. The Hall–Kier alpha value is -2.62. The van der Waals surface area contributed by atoms with Gasteiger partial charge in [0, 0.05) is 13.0 Å². The van der Waals surface area contributed by atoms with Gasteiger partial charge in [0.2, 0.25) is 11.8 Å². The fraction of sp³-hybridized carbons (Fsp3) is 0.333. The molecule has 1 unspecified atom stereocenters. The van der Waals surface area contributed by atoms with Crippen LogP contribution in [-0.2, 0) is 4.79 Å². The molecular formula is C21H22N2O2. The standard InChI is InChI=1S/C21H22N2O2/c1-2-7-20(24)23-13-6-10-18(23)21-22-17-14-16(11-12-19(17)25-21)15-8-4-3-5-9-15/h3-5,8-9,11-12,14,18H,2,6-7,10,13H2,1H3. The molecule has 0 bridgehead atoms. The topological polar surface area (TPSA) is 46.3 Å². The van der Waals surface area contributed by atoms with E-state index in [9.17, 15) is 4.79 Å². The zero-order chi connectivity index (χ0) is 17.2. The molecule has 4 heteroatoms. The van der Waals surface area contributed by atoms with Gasteiger partial charge >= 0.3 is 0 Å². The molecule has 3 aromatic rings. The van der Waals surface area contributed by atoms with E-state index in [0.717, 1.165) is 48.0 Å². The molecule has 1 aromatic heterocycles. The molecule has 4 nitrogen and oxygen atoms in total. The smallest absolute Gasteiger partial charge is 0.223 e. The zero-order valence-electron chi connectivity index (χ0n) is 14.4. The maximum Gasteiger partial charge on any atom is 0.223 e. The first-order valence-corrected chi connectivity index (χ1v) is 9.01. The highest BCUT2D eigenvalue weighted by atomic mass is 16.3. The molecule has 0 radical (unpaired) electrons. The lowest BCUT2D eigenvalue weighted by Gasteiger charge is -2.21. The quantitative estimate of drug-likeness (QED) is 0.677. The van der Waals surface area contributed by atoms with Crippen LogP contribution in [0, 0.1) is 0 Å². The Balaban J connectivity index is 1.66. The maximum atomic E-state index is 12.3. The van der Waals surface area contributed by atoms with Gasteiger partial charge in [-0.2, -0.15) is 0 Å². The van der Waals surface area contributed by atoms with Crippen molar-refractivity contribution in [2.24, 2.45) is 0 Å². The fourth-order valence-corrected chi connectivity index (χ4v) is 3.58. The van der Waals surface area contributed by atoms with Gasteiger partial charge in [0.1, 0.15) is 11.6 Å². The molecule has 0 N–H and O–H groups in total. The molecule has 1 aliphatic rings. The number of likely N-dealkylation sites (tertiary alicyclic amines) is 1. The summed E-state index contributed by atoms with van der Waals surface area (Å²) in [4.78, 5) is 19.0. The molecule has 1 fully saturated rings. The van der Waals surface area contributed by atoms with Gasteiger partial charge in [-0.3, -0.25) is 4.79 Å². The van der Waals surface area contributed by atoms with Crippen LogP contribution in [-0.4, -0.2) is 22.3 Å². The van der Waals surface area contributed by atoms with E-state index in [2.05, 4.69) is 24.3 Å². The highest BCUT2D eigenvalue weighted by Crippen LogP contribution is 2.34. The van der Waals surface area contributed by atoms with Crippen molar-refractivity contribution in [3.05, 3.63) is 54.4 Å². The third kappa shape index (κ3) is 3.04. The molecule has 4 rings (SSSR count). The number of hydrogen-bond donors (Lipinski definition) is 0. The summed E-state index contributed by atoms with van der Waals surface area (Å²) >= 11 is 0. The number of amides is 1. The van der Waals surface area contributed by atoms with E-state index < -0.39 is 0 Å². The van der Waals surface area contributed by atoms with Crippen LogP contribution in [0.1, 0.15) is 44.5 Å². The summed E-state index contributed by atoms with van der Waals surface area (Å²) in [6, 6.07) is 16.3. The zero-order valence-corrected chi connectivity index (χ0v) is 14.4. The molecule has 1 amide bonds. The lowest BCUT2D eigenvalue weighted by atomic mass is 10.1. The van der Waals surface area contributed by atoms with E-state index in [1.165, 1.54) is 0 Å². The van der Waals surface area contributed by atoms with Gasteiger partial charge in [-0.05, 0) is 42.5 Å². The van der Waals surface area contributed by atoms with E-state index in [1.54, 1.807) is 0 Å². The number of carbonyl (C=O) groups excluding carboxylic acids is 1. The number of hydrogen-bond acceptors (Lipinski definition) is 3. The highest BCUT2D eigenvalue weighted by Gasteiger charge is 2.32. The number of nitrogens with zero attached hydrogens (tertiary/aromatic N) is 2. The summed E-state index contributed by atoms with van der Waals surface area (Å²) in [5, 5.41) is 0. The average molecular weight is 334 g/mol. The monoisotopic (exact) mass is 334 g/mol. The number of aromatic nitrogens is 1. The normalized spacial score (nSPS) is 17.3. The largest absolute Gasteiger partial charge is 0.438 e. The summed E-state index contributed by atoms with van der Waals surface area (Å²) in [6.07, 6.45) is 3.40. The van der Waals surface area contributed by atoms with Crippen LogP contribution in [0.2, 0.25) is 0 Å². The van der Waals surface area contributed by atoms with Crippen molar-refractivity contribution in [2.45, 2.75) is 38.6 Å². The molecule has 1 saturated heterocycles. The Kier molecular flexibility index (Phi) is 4.26.